The molecule has 0 spiro atoms. The Bertz CT molecular complexity index is 1590. The fraction of sp³-hybridized carbons (Fsp3) is 0.750. The Morgan fingerprint density at radius 3 is 0.756 bits per heavy atom. The highest BCUT2D eigenvalue weighted by atomic mass is 16.6. The molecule has 0 N–H and O–H groups in total. The van der Waals surface area contributed by atoms with Crippen LogP contribution in [0.5, 0.6) is 0 Å². The van der Waals surface area contributed by atoms with Gasteiger partial charge in [0.1, 0.15) is 13.2 Å². The van der Waals surface area contributed by atoms with Crippen molar-refractivity contribution in [2.45, 2.75) is 354 Å². The molecule has 0 bridgehead atoms. The number of carbonyl (C=O) groups excluding carboxylic acids is 3. The fourth-order valence-corrected chi connectivity index (χ4v) is 10.1. The van der Waals surface area contributed by atoms with Gasteiger partial charge in [0, 0.05) is 19.3 Å². The molecule has 1 atom stereocenters. The van der Waals surface area contributed by atoms with Gasteiger partial charge < -0.3 is 14.2 Å². The van der Waals surface area contributed by atoms with Crippen molar-refractivity contribution >= 4 is 17.9 Å². The molecular weight excluding hydrogens is 1010 g/mol. The number of allylic oxidation sites excluding steroid dienone is 16. The second-order valence-corrected chi connectivity index (χ2v) is 23.4. The van der Waals surface area contributed by atoms with E-state index in [4.69, 9.17) is 14.2 Å². The number of carbonyl (C=O) groups is 3. The van der Waals surface area contributed by atoms with Crippen LogP contribution < -0.4 is 0 Å². The molecule has 0 aliphatic heterocycles. The van der Waals surface area contributed by atoms with E-state index in [1.54, 1.807) is 0 Å². The van der Waals surface area contributed by atoms with Crippen molar-refractivity contribution in [2.24, 2.45) is 0 Å². The molecule has 0 aliphatic carbocycles. The molecule has 82 heavy (non-hydrogen) atoms. The third-order valence-corrected chi connectivity index (χ3v) is 15.3. The zero-order valence-electron chi connectivity index (χ0n) is 54.2. The van der Waals surface area contributed by atoms with Gasteiger partial charge in [-0.1, -0.05) is 323 Å². The minimum atomic E-state index is -0.801. The normalized spacial score (nSPS) is 12.7. The Morgan fingerprint density at radius 2 is 0.476 bits per heavy atom. The Balaban J connectivity index is 4.41. The lowest BCUT2D eigenvalue weighted by Gasteiger charge is -2.18. The van der Waals surface area contributed by atoms with Crippen LogP contribution in [0, 0.1) is 0 Å². The van der Waals surface area contributed by atoms with Crippen molar-refractivity contribution in [3.05, 3.63) is 97.2 Å². The van der Waals surface area contributed by atoms with Gasteiger partial charge in [-0.15, -0.1) is 0 Å². The van der Waals surface area contributed by atoms with E-state index >= 15 is 0 Å². The van der Waals surface area contributed by atoms with Gasteiger partial charge in [0.2, 0.25) is 0 Å². The van der Waals surface area contributed by atoms with Gasteiger partial charge in [-0.3, -0.25) is 14.4 Å². The predicted octanol–water partition coefficient (Wildman–Crippen LogP) is 24.4. The minimum absolute atomic E-state index is 0.0914. The molecule has 0 aromatic heterocycles. The molecule has 0 amide bonds. The highest BCUT2D eigenvalue weighted by Crippen LogP contribution is 2.17. The number of hydrogen-bond acceptors (Lipinski definition) is 6. The van der Waals surface area contributed by atoms with Gasteiger partial charge in [-0.25, -0.2) is 0 Å². The third-order valence-electron chi connectivity index (χ3n) is 15.3. The van der Waals surface area contributed by atoms with E-state index in [0.717, 1.165) is 122 Å². The average Bonchev–Trinajstić information content (AvgIpc) is 3.47. The van der Waals surface area contributed by atoms with E-state index in [0.29, 0.717) is 19.3 Å². The molecule has 0 radical (unpaired) electrons. The zero-order valence-corrected chi connectivity index (χ0v) is 54.2. The lowest BCUT2D eigenvalue weighted by Crippen LogP contribution is -2.30. The molecule has 6 heteroatoms. The summed E-state index contributed by atoms with van der Waals surface area (Å²) in [4.78, 5) is 38.5. The Morgan fingerprint density at radius 1 is 0.256 bits per heavy atom. The molecule has 0 rings (SSSR count). The monoisotopic (exact) mass is 1140 g/mol. The number of ether oxygens (including phenoxy) is 3. The summed E-state index contributed by atoms with van der Waals surface area (Å²) in [5, 5.41) is 0. The molecule has 0 aliphatic rings. The number of unbranched alkanes of at least 4 members (excludes halogenated alkanes) is 37. The molecule has 472 valence electrons. The highest BCUT2D eigenvalue weighted by Gasteiger charge is 2.19. The summed E-state index contributed by atoms with van der Waals surface area (Å²) < 4.78 is 17.0. The SMILES string of the molecule is CC/C=C\C/C=C\C/C=C\C/C=C\C/C=C\CCCCCC(=O)OCC(COC(=O)CCCCCCCCCCCCCCCCCCCCCCCCCC)OC(=O)CCCCCCCC/C=C\C/C=C\C/C=C\CCCCCCC. The first-order chi connectivity index (χ1) is 40.5. The largest absolute Gasteiger partial charge is 0.462 e. The van der Waals surface area contributed by atoms with Crippen molar-refractivity contribution < 1.29 is 28.6 Å². The smallest absolute Gasteiger partial charge is 0.306 e. The average molecular weight is 1140 g/mol. The van der Waals surface area contributed by atoms with Crippen molar-refractivity contribution in [2.75, 3.05) is 13.2 Å². The van der Waals surface area contributed by atoms with Crippen molar-refractivity contribution in [1.29, 1.82) is 0 Å². The summed E-state index contributed by atoms with van der Waals surface area (Å²) in [5.74, 6) is -0.921. The van der Waals surface area contributed by atoms with Gasteiger partial charge in [0.15, 0.2) is 6.10 Å². The van der Waals surface area contributed by atoms with Crippen molar-refractivity contribution in [1.82, 2.24) is 0 Å². The molecule has 0 heterocycles. The number of hydrogen-bond donors (Lipinski definition) is 0. The second kappa shape index (κ2) is 69.8. The first-order valence-electron chi connectivity index (χ1n) is 35.2. The minimum Gasteiger partial charge on any atom is -0.462 e. The Hall–Kier alpha value is -3.67. The summed E-state index contributed by atoms with van der Waals surface area (Å²) in [6.07, 6.45) is 94.3. The topological polar surface area (TPSA) is 78.9 Å². The van der Waals surface area contributed by atoms with Crippen LogP contribution in [0.15, 0.2) is 97.2 Å². The van der Waals surface area contributed by atoms with Gasteiger partial charge in [-0.2, -0.15) is 0 Å². The molecule has 0 saturated carbocycles. The van der Waals surface area contributed by atoms with Crippen LogP contribution >= 0.6 is 0 Å². The molecule has 1 unspecified atom stereocenters. The number of esters is 3. The van der Waals surface area contributed by atoms with Crippen LogP contribution in [0.25, 0.3) is 0 Å². The summed E-state index contributed by atoms with van der Waals surface area (Å²) >= 11 is 0. The van der Waals surface area contributed by atoms with E-state index in [1.165, 1.54) is 186 Å². The van der Waals surface area contributed by atoms with E-state index in [-0.39, 0.29) is 31.1 Å². The van der Waals surface area contributed by atoms with Crippen LogP contribution in [0.3, 0.4) is 0 Å². The zero-order chi connectivity index (χ0) is 59.2. The summed E-state index contributed by atoms with van der Waals surface area (Å²) in [6, 6.07) is 0. The third kappa shape index (κ3) is 67.1. The van der Waals surface area contributed by atoms with Crippen LogP contribution in [-0.2, 0) is 28.6 Å². The van der Waals surface area contributed by atoms with Crippen molar-refractivity contribution in [3.8, 4) is 0 Å². The van der Waals surface area contributed by atoms with Crippen molar-refractivity contribution in [3.63, 3.8) is 0 Å². The highest BCUT2D eigenvalue weighted by molar-refractivity contribution is 5.71. The van der Waals surface area contributed by atoms with Gasteiger partial charge in [0.05, 0.1) is 0 Å². The van der Waals surface area contributed by atoms with E-state index in [2.05, 4.69) is 118 Å². The molecule has 0 saturated heterocycles. The molecule has 6 nitrogen and oxygen atoms in total. The maximum atomic E-state index is 13.0. The maximum absolute atomic E-state index is 13.0. The van der Waals surface area contributed by atoms with E-state index in [1.807, 2.05) is 0 Å². The Labute approximate surface area is 508 Å². The Kier molecular flexibility index (Phi) is 66.7. The molecule has 0 fully saturated rings. The van der Waals surface area contributed by atoms with E-state index in [9.17, 15) is 14.4 Å². The lowest BCUT2D eigenvalue weighted by molar-refractivity contribution is -0.167. The van der Waals surface area contributed by atoms with Crippen LogP contribution in [0.4, 0.5) is 0 Å². The predicted molar refractivity (Wildman–Crippen MR) is 357 cm³/mol. The van der Waals surface area contributed by atoms with Gasteiger partial charge >= 0.3 is 17.9 Å². The van der Waals surface area contributed by atoms with E-state index < -0.39 is 6.10 Å². The van der Waals surface area contributed by atoms with Gasteiger partial charge in [0.25, 0.3) is 0 Å². The first kappa shape index (κ1) is 78.3. The summed E-state index contributed by atoms with van der Waals surface area (Å²) in [5.41, 5.74) is 0. The quantitative estimate of drug-likeness (QED) is 0.0261. The maximum Gasteiger partial charge on any atom is 0.306 e. The standard InChI is InChI=1S/C76H132O6/c1-4-7-10-13-16-19-22-25-28-31-34-36-37-38-40-42-45-48-51-54-57-60-63-66-69-75(78)81-72-73(71-80-74(77)68-65-62-59-56-53-50-47-44-41-33-30-27-24-21-18-15-12-9-6-3)82-76(79)70-67-64-61-58-55-52-49-46-43-39-35-32-29-26-23-20-17-14-11-8-5-2/h9,12,18,21,23,26-27,30,32,35,41,43-44,46,50,53,73H,4-8,10-11,13-17,19-20,22,24-25,28-29,31,33-34,36-40,42,45,47-49,51-52,54-72H2,1-3H3/b12-9-,21-18-,26-23-,30-27-,35-32-,44-41-,46-43-,53-50-. The lowest BCUT2D eigenvalue weighted by atomic mass is 10.0. The first-order valence-corrected chi connectivity index (χ1v) is 35.2. The number of rotatable bonds is 64. The van der Waals surface area contributed by atoms with Gasteiger partial charge in [-0.05, 0) is 103 Å². The van der Waals surface area contributed by atoms with Crippen LogP contribution in [0.1, 0.15) is 348 Å². The molecule has 0 aromatic rings. The molecular formula is C76H132O6. The van der Waals surface area contributed by atoms with Crippen LogP contribution in [0.2, 0.25) is 0 Å². The van der Waals surface area contributed by atoms with Crippen LogP contribution in [-0.4, -0.2) is 37.2 Å². The second-order valence-electron chi connectivity index (χ2n) is 23.4. The summed E-state index contributed by atoms with van der Waals surface area (Å²) in [6.45, 7) is 6.53. The fourth-order valence-electron chi connectivity index (χ4n) is 10.1. The molecule has 0 aromatic carbocycles. The summed E-state index contributed by atoms with van der Waals surface area (Å²) in [7, 11) is 0.